The summed E-state index contributed by atoms with van der Waals surface area (Å²) in [4.78, 5) is 34.4. The standard InChI is InChI=1S/C14H19N3O4/c1-8(2)12(14(20)21)17-11(18)7-16-13(19)9-3-5-10(15)6-4-9/h3-6,8,12H,7,15H2,1-2H3,(H,16,19)(H,17,18)(H,20,21)/t12-/m0/s1. The molecule has 21 heavy (non-hydrogen) atoms. The second kappa shape index (κ2) is 7.28. The van der Waals surface area contributed by atoms with Crippen molar-refractivity contribution in [3.8, 4) is 0 Å². The molecule has 2 amide bonds. The van der Waals surface area contributed by atoms with Gasteiger partial charge in [-0.1, -0.05) is 13.8 Å². The Balaban J connectivity index is 2.51. The van der Waals surface area contributed by atoms with Crippen LogP contribution in [0.1, 0.15) is 24.2 Å². The number of anilines is 1. The van der Waals surface area contributed by atoms with Crippen molar-refractivity contribution in [2.75, 3.05) is 12.3 Å². The summed E-state index contributed by atoms with van der Waals surface area (Å²) in [6, 6.07) is 5.25. The number of aliphatic carboxylic acids is 1. The Kier molecular flexibility index (Phi) is 5.71. The first-order valence-corrected chi connectivity index (χ1v) is 6.47. The van der Waals surface area contributed by atoms with E-state index in [9.17, 15) is 14.4 Å². The van der Waals surface area contributed by atoms with Crippen molar-refractivity contribution in [1.29, 1.82) is 0 Å². The quantitative estimate of drug-likeness (QED) is 0.559. The molecule has 0 fully saturated rings. The zero-order valence-corrected chi connectivity index (χ0v) is 11.9. The number of nitrogen functional groups attached to an aromatic ring is 1. The lowest BCUT2D eigenvalue weighted by molar-refractivity contribution is -0.142. The molecule has 0 aromatic heterocycles. The number of benzene rings is 1. The highest BCUT2D eigenvalue weighted by molar-refractivity contribution is 5.97. The number of hydrogen-bond acceptors (Lipinski definition) is 4. The van der Waals surface area contributed by atoms with Crippen molar-refractivity contribution < 1.29 is 19.5 Å². The molecule has 0 unspecified atom stereocenters. The first kappa shape index (κ1) is 16.5. The van der Waals surface area contributed by atoms with Crippen LogP contribution in [-0.4, -0.2) is 35.5 Å². The molecular weight excluding hydrogens is 274 g/mol. The molecule has 0 saturated heterocycles. The topological polar surface area (TPSA) is 122 Å². The Morgan fingerprint density at radius 3 is 2.24 bits per heavy atom. The molecule has 5 N–H and O–H groups in total. The van der Waals surface area contributed by atoms with Gasteiger partial charge in [0.2, 0.25) is 5.91 Å². The molecule has 0 bridgehead atoms. The van der Waals surface area contributed by atoms with Gasteiger partial charge in [0.25, 0.3) is 5.91 Å². The van der Waals surface area contributed by atoms with Gasteiger partial charge >= 0.3 is 5.97 Å². The number of nitrogens with two attached hydrogens (primary N) is 1. The highest BCUT2D eigenvalue weighted by Crippen LogP contribution is 2.05. The van der Waals surface area contributed by atoms with E-state index < -0.39 is 23.8 Å². The maximum absolute atomic E-state index is 11.8. The predicted molar refractivity (Wildman–Crippen MR) is 77.6 cm³/mol. The molecule has 0 aliphatic carbocycles. The minimum absolute atomic E-state index is 0.251. The number of amides is 2. The molecule has 7 nitrogen and oxygen atoms in total. The van der Waals surface area contributed by atoms with Gasteiger partial charge in [-0.05, 0) is 30.2 Å². The van der Waals surface area contributed by atoms with Crippen molar-refractivity contribution in [2.45, 2.75) is 19.9 Å². The molecule has 0 spiro atoms. The number of carboxylic acid groups (broad SMARTS) is 1. The average Bonchev–Trinajstić information content (AvgIpc) is 2.42. The maximum Gasteiger partial charge on any atom is 0.326 e. The van der Waals surface area contributed by atoms with Gasteiger partial charge < -0.3 is 21.5 Å². The zero-order chi connectivity index (χ0) is 16.0. The van der Waals surface area contributed by atoms with Crippen LogP contribution in [-0.2, 0) is 9.59 Å². The number of carbonyl (C=O) groups is 3. The third-order valence-corrected chi connectivity index (χ3v) is 2.83. The van der Waals surface area contributed by atoms with Crippen molar-refractivity contribution in [1.82, 2.24) is 10.6 Å². The summed E-state index contributed by atoms with van der Waals surface area (Å²) in [6.07, 6.45) is 0. The van der Waals surface area contributed by atoms with Crippen LogP contribution < -0.4 is 16.4 Å². The SMILES string of the molecule is CC(C)[C@H](NC(=O)CNC(=O)c1ccc(N)cc1)C(=O)O. The Labute approximate surface area is 122 Å². The fraction of sp³-hybridized carbons (Fsp3) is 0.357. The number of nitrogens with one attached hydrogen (secondary N) is 2. The molecule has 114 valence electrons. The lowest BCUT2D eigenvalue weighted by Crippen LogP contribution is -2.48. The summed E-state index contributed by atoms with van der Waals surface area (Å²) < 4.78 is 0. The lowest BCUT2D eigenvalue weighted by atomic mass is 10.1. The van der Waals surface area contributed by atoms with Crippen LogP contribution in [0.5, 0.6) is 0 Å². The largest absolute Gasteiger partial charge is 0.480 e. The Morgan fingerprint density at radius 1 is 1.19 bits per heavy atom. The monoisotopic (exact) mass is 293 g/mol. The van der Waals surface area contributed by atoms with Crippen LogP contribution in [0.25, 0.3) is 0 Å². The van der Waals surface area contributed by atoms with Crippen molar-refractivity contribution in [2.24, 2.45) is 5.92 Å². The number of carboxylic acids is 1. The lowest BCUT2D eigenvalue weighted by Gasteiger charge is -2.18. The smallest absolute Gasteiger partial charge is 0.326 e. The molecule has 0 aliphatic rings. The molecule has 0 radical (unpaired) electrons. The van der Waals surface area contributed by atoms with Crippen molar-refractivity contribution >= 4 is 23.5 Å². The minimum Gasteiger partial charge on any atom is -0.480 e. The third-order valence-electron chi connectivity index (χ3n) is 2.83. The van der Waals surface area contributed by atoms with E-state index >= 15 is 0 Å². The van der Waals surface area contributed by atoms with Gasteiger partial charge in [0.05, 0.1) is 6.54 Å². The summed E-state index contributed by atoms with van der Waals surface area (Å²) in [5, 5.41) is 13.7. The van der Waals surface area contributed by atoms with Crippen LogP contribution in [0, 0.1) is 5.92 Å². The molecule has 1 aromatic rings. The first-order valence-electron chi connectivity index (χ1n) is 6.47. The van der Waals surface area contributed by atoms with Crippen LogP contribution in [0.15, 0.2) is 24.3 Å². The highest BCUT2D eigenvalue weighted by Gasteiger charge is 2.23. The second-order valence-electron chi connectivity index (χ2n) is 4.93. The van der Waals surface area contributed by atoms with E-state index in [2.05, 4.69) is 10.6 Å². The van der Waals surface area contributed by atoms with Crippen molar-refractivity contribution in [3.05, 3.63) is 29.8 Å². The van der Waals surface area contributed by atoms with E-state index in [1.807, 2.05) is 0 Å². The molecular formula is C14H19N3O4. The summed E-state index contributed by atoms with van der Waals surface area (Å²) in [5.74, 6) is -2.34. The van der Waals surface area contributed by atoms with Gasteiger partial charge in [0.15, 0.2) is 0 Å². The Morgan fingerprint density at radius 2 is 1.76 bits per heavy atom. The summed E-state index contributed by atoms with van der Waals surface area (Å²) in [6.45, 7) is 3.08. The van der Waals surface area contributed by atoms with Gasteiger partial charge in [0.1, 0.15) is 6.04 Å². The van der Waals surface area contributed by atoms with E-state index in [4.69, 9.17) is 10.8 Å². The van der Waals surface area contributed by atoms with Gasteiger partial charge in [-0.2, -0.15) is 0 Å². The molecule has 0 saturated carbocycles. The van der Waals surface area contributed by atoms with Crippen LogP contribution in [0.2, 0.25) is 0 Å². The fourth-order valence-electron chi connectivity index (χ4n) is 1.64. The first-order chi connectivity index (χ1) is 9.81. The normalized spacial score (nSPS) is 11.8. The van der Waals surface area contributed by atoms with E-state index in [-0.39, 0.29) is 12.5 Å². The molecule has 0 aliphatic heterocycles. The molecule has 1 aromatic carbocycles. The Bertz CT molecular complexity index is 526. The van der Waals surface area contributed by atoms with E-state index in [0.717, 1.165) is 0 Å². The average molecular weight is 293 g/mol. The zero-order valence-electron chi connectivity index (χ0n) is 11.9. The van der Waals surface area contributed by atoms with Crippen LogP contribution in [0.4, 0.5) is 5.69 Å². The minimum atomic E-state index is -1.11. The molecule has 0 heterocycles. The second-order valence-corrected chi connectivity index (χ2v) is 4.93. The molecule has 1 atom stereocenters. The van der Waals surface area contributed by atoms with Gasteiger partial charge in [0, 0.05) is 11.3 Å². The number of hydrogen-bond donors (Lipinski definition) is 4. The van der Waals surface area contributed by atoms with Gasteiger partial charge in [-0.3, -0.25) is 9.59 Å². The number of rotatable bonds is 6. The van der Waals surface area contributed by atoms with E-state index in [1.54, 1.807) is 26.0 Å². The van der Waals surface area contributed by atoms with Crippen LogP contribution in [0.3, 0.4) is 0 Å². The summed E-state index contributed by atoms with van der Waals surface area (Å²) in [7, 11) is 0. The van der Waals surface area contributed by atoms with E-state index in [0.29, 0.717) is 11.3 Å². The van der Waals surface area contributed by atoms with Crippen molar-refractivity contribution in [3.63, 3.8) is 0 Å². The summed E-state index contributed by atoms with van der Waals surface area (Å²) >= 11 is 0. The van der Waals surface area contributed by atoms with Gasteiger partial charge in [-0.25, -0.2) is 4.79 Å². The predicted octanol–water partition coefficient (Wildman–Crippen LogP) is 0.224. The number of carbonyl (C=O) groups excluding carboxylic acids is 2. The maximum atomic E-state index is 11.8. The van der Waals surface area contributed by atoms with E-state index in [1.165, 1.54) is 12.1 Å². The summed E-state index contributed by atoms with van der Waals surface area (Å²) in [5.41, 5.74) is 6.41. The van der Waals surface area contributed by atoms with Crippen LogP contribution >= 0.6 is 0 Å². The molecule has 1 rings (SSSR count). The molecule has 7 heteroatoms. The van der Waals surface area contributed by atoms with Gasteiger partial charge in [-0.15, -0.1) is 0 Å². The third kappa shape index (κ3) is 5.13. The highest BCUT2D eigenvalue weighted by atomic mass is 16.4. The Hall–Kier alpha value is -2.57. The fourth-order valence-corrected chi connectivity index (χ4v) is 1.64.